The Balaban J connectivity index is 1.76. The quantitative estimate of drug-likeness (QED) is 0.848. The molecule has 1 amide bonds. The number of amides is 1. The summed E-state index contributed by atoms with van der Waals surface area (Å²) in [5.41, 5.74) is 0.977. The lowest BCUT2D eigenvalue weighted by Gasteiger charge is -2.38. The highest BCUT2D eigenvalue weighted by Gasteiger charge is 2.33. The van der Waals surface area contributed by atoms with Gasteiger partial charge in [-0.25, -0.2) is 4.79 Å². The van der Waals surface area contributed by atoms with Gasteiger partial charge in [-0.2, -0.15) is 0 Å². The van der Waals surface area contributed by atoms with Crippen LogP contribution in [-0.2, 0) is 11.3 Å². The maximum Gasteiger partial charge on any atom is 0.407 e. The van der Waals surface area contributed by atoms with Gasteiger partial charge >= 0.3 is 6.09 Å². The molecule has 1 aliphatic rings. The van der Waals surface area contributed by atoms with E-state index in [-0.39, 0.29) is 11.6 Å². The molecule has 0 saturated heterocycles. The predicted molar refractivity (Wildman–Crippen MR) is 62.0 cm³/mol. The Morgan fingerprint density at radius 3 is 2.62 bits per heavy atom. The van der Waals surface area contributed by atoms with Crippen molar-refractivity contribution >= 4 is 6.09 Å². The number of rotatable bonds is 3. The van der Waals surface area contributed by atoms with Crippen molar-refractivity contribution in [1.82, 2.24) is 5.32 Å². The summed E-state index contributed by atoms with van der Waals surface area (Å²) >= 11 is 0. The van der Waals surface area contributed by atoms with Crippen molar-refractivity contribution in [3.05, 3.63) is 35.9 Å². The van der Waals surface area contributed by atoms with E-state index in [0.29, 0.717) is 6.61 Å². The molecule has 3 heteroatoms. The van der Waals surface area contributed by atoms with E-state index in [0.717, 1.165) is 18.4 Å². The van der Waals surface area contributed by atoms with E-state index in [1.54, 1.807) is 0 Å². The SMILES string of the molecule is CC1(NC(=O)OCc2ccccc2)CCC1. The molecule has 0 heterocycles. The highest BCUT2D eigenvalue weighted by Crippen LogP contribution is 2.30. The molecule has 16 heavy (non-hydrogen) atoms. The molecule has 1 aromatic rings. The van der Waals surface area contributed by atoms with Crippen LogP contribution in [0.1, 0.15) is 31.7 Å². The smallest absolute Gasteiger partial charge is 0.407 e. The second kappa shape index (κ2) is 4.56. The zero-order valence-corrected chi connectivity index (χ0v) is 9.53. The fourth-order valence-corrected chi connectivity index (χ4v) is 1.84. The fraction of sp³-hybridized carbons (Fsp3) is 0.462. The van der Waals surface area contributed by atoms with Gasteiger partial charge in [0, 0.05) is 5.54 Å². The molecule has 0 unspecified atom stereocenters. The van der Waals surface area contributed by atoms with Gasteiger partial charge in [0.1, 0.15) is 6.61 Å². The monoisotopic (exact) mass is 219 g/mol. The first-order chi connectivity index (χ1) is 7.68. The van der Waals surface area contributed by atoms with Crippen LogP contribution in [-0.4, -0.2) is 11.6 Å². The van der Waals surface area contributed by atoms with Gasteiger partial charge in [-0.3, -0.25) is 0 Å². The summed E-state index contributed by atoms with van der Waals surface area (Å²) in [5, 5.41) is 2.90. The lowest BCUT2D eigenvalue weighted by atomic mass is 9.79. The maximum atomic E-state index is 11.5. The molecule has 1 aromatic carbocycles. The van der Waals surface area contributed by atoms with Crippen LogP contribution in [0.3, 0.4) is 0 Å². The minimum Gasteiger partial charge on any atom is -0.445 e. The van der Waals surface area contributed by atoms with Crippen molar-refractivity contribution in [2.24, 2.45) is 0 Å². The summed E-state index contributed by atoms with van der Waals surface area (Å²) in [7, 11) is 0. The van der Waals surface area contributed by atoms with E-state index in [4.69, 9.17) is 4.74 Å². The van der Waals surface area contributed by atoms with Crippen LogP contribution < -0.4 is 5.32 Å². The lowest BCUT2D eigenvalue weighted by molar-refractivity contribution is 0.112. The number of alkyl carbamates (subject to hydrolysis) is 1. The molecule has 0 radical (unpaired) electrons. The van der Waals surface area contributed by atoms with Crippen molar-refractivity contribution < 1.29 is 9.53 Å². The summed E-state index contributed by atoms with van der Waals surface area (Å²) in [5.74, 6) is 0. The Morgan fingerprint density at radius 2 is 2.06 bits per heavy atom. The van der Waals surface area contributed by atoms with Gasteiger partial charge in [-0.15, -0.1) is 0 Å². The largest absolute Gasteiger partial charge is 0.445 e. The van der Waals surface area contributed by atoms with E-state index in [1.807, 2.05) is 30.3 Å². The van der Waals surface area contributed by atoms with Crippen LogP contribution in [0.5, 0.6) is 0 Å². The van der Waals surface area contributed by atoms with E-state index in [9.17, 15) is 4.79 Å². The Morgan fingerprint density at radius 1 is 1.38 bits per heavy atom. The van der Waals surface area contributed by atoms with Gasteiger partial charge in [0.2, 0.25) is 0 Å². The van der Waals surface area contributed by atoms with Crippen LogP contribution in [0.15, 0.2) is 30.3 Å². The minimum absolute atomic E-state index is 0.0340. The molecule has 1 N–H and O–H groups in total. The molecule has 0 spiro atoms. The van der Waals surface area contributed by atoms with Crippen molar-refractivity contribution in [3.63, 3.8) is 0 Å². The third kappa shape index (κ3) is 2.75. The summed E-state index contributed by atoms with van der Waals surface area (Å²) in [6.07, 6.45) is 2.97. The van der Waals surface area contributed by atoms with Gasteiger partial charge in [-0.1, -0.05) is 30.3 Å². The van der Waals surface area contributed by atoms with Crippen LogP contribution >= 0.6 is 0 Å². The Bertz CT molecular complexity index is 357. The molecule has 0 aliphatic heterocycles. The lowest BCUT2D eigenvalue weighted by Crippen LogP contribution is -2.51. The summed E-state index contributed by atoms with van der Waals surface area (Å²) in [4.78, 5) is 11.5. The molecule has 1 aliphatic carbocycles. The topological polar surface area (TPSA) is 38.3 Å². The van der Waals surface area contributed by atoms with E-state index < -0.39 is 0 Å². The molecular formula is C13H17NO2. The predicted octanol–water partition coefficient (Wildman–Crippen LogP) is 2.86. The Labute approximate surface area is 95.8 Å². The second-order valence-corrected chi connectivity index (χ2v) is 4.60. The molecule has 1 saturated carbocycles. The summed E-state index contributed by atoms with van der Waals surface area (Å²) in [6, 6.07) is 9.70. The van der Waals surface area contributed by atoms with Crippen molar-refractivity contribution in [2.75, 3.05) is 0 Å². The van der Waals surface area contributed by atoms with Crippen LogP contribution in [0, 0.1) is 0 Å². The molecule has 2 rings (SSSR count). The van der Waals surface area contributed by atoms with Gasteiger partial charge in [0.25, 0.3) is 0 Å². The van der Waals surface area contributed by atoms with Crippen LogP contribution in [0.4, 0.5) is 4.79 Å². The zero-order valence-electron chi connectivity index (χ0n) is 9.53. The normalized spacial score (nSPS) is 17.3. The van der Waals surface area contributed by atoms with E-state index in [2.05, 4.69) is 12.2 Å². The van der Waals surface area contributed by atoms with Gasteiger partial charge in [0.05, 0.1) is 0 Å². The second-order valence-electron chi connectivity index (χ2n) is 4.60. The maximum absolute atomic E-state index is 11.5. The molecule has 3 nitrogen and oxygen atoms in total. The highest BCUT2D eigenvalue weighted by atomic mass is 16.5. The summed E-state index contributed by atoms with van der Waals surface area (Å²) < 4.78 is 5.15. The standard InChI is InChI=1S/C13H17NO2/c1-13(8-5-9-13)14-12(15)16-10-11-6-3-2-4-7-11/h2-4,6-7H,5,8-10H2,1H3,(H,14,15). The molecule has 1 fully saturated rings. The first-order valence-corrected chi connectivity index (χ1v) is 5.67. The molecular weight excluding hydrogens is 202 g/mol. The fourth-order valence-electron chi connectivity index (χ4n) is 1.84. The minimum atomic E-state index is -0.314. The Kier molecular flexibility index (Phi) is 3.13. The number of carbonyl (C=O) groups is 1. The Hall–Kier alpha value is -1.51. The average molecular weight is 219 g/mol. The van der Waals surface area contributed by atoms with E-state index >= 15 is 0 Å². The number of hydrogen-bond donors (Lipinski definition) is 1. The summed E-state index contributed by atoms with van der Waals surface area (Å²) in [6.45, 7) is 2.39. The van der Waals surface area contributed by atoms with Crippen molar-refractivity contribution in [1.29, 1.82) is 0 Å². The van der Waals surface area contributed by atoms with Gasteiger partial charge < -0.3 is 10.1 Å². The average Bonchev–Trinajstić information content (AvgIpc) is 2.26. The first kappa shape index (κ1) is 11.0. The molecule has 0 bridgehead atoms. The van der Waals surface area contributed by atoms with Crippen molar-refractivity contribution in [2.45, 2.75) is 38.3 Å². The van der Waals surface area contributed by atoms with E-state index in [1.165, 1.54) is 6.42 Å². The molecule has 0 atom stereocenters. The number of hydrogen-bond acceptors (Lipinski definition) is 2. The molecule has 0 aromatic heterocycles. The van der Waals surface area contributed by atoms with Crippen molar-refractivity contribution in [3.8, 4) is 0 Å². The van der Waals surface area contributed by atoms with Gasteiger partial charge in [0.15, 0.2) is 0 Å². The van der Waals surface area contributed by atoms with Gasteiger partial charge in [-0.05, 0) is 31.7 Å². The number of carbonyl (C=O) groups excluding carboxylic acids is 1. The van der Waals surface area contributed by atoms with Crippen LogP contribution in [0.25, 0.3) is 0 Å². The molecule has 86 valence electrons. The number of benzene rings is 1. The number of nitrogens with one attached hydrogen (secondary N) is 1. The third-order valence-corrected chi connectivity index (χ3v) is 3.07. The highest BCUT2D eigenvalue weighted by molar-refractivity contribution is 5.68. The van der Waals surface area contributed by atoms with Crippen LogP contribution in [0.2, 0.25) is 0 Å². The number of ether oxygens (including phenoxy) is 1. The first-order valence-electron chi connectivity index (χ1n) is 5.67. The zero-order chi connectivity index (χ0) is 11.4. The third-order valence-electron chi connectivity index (χ3n) is 3.07.